The second kappa shape index (κ2) is 5.05. The van der Waals surface area contributed by atoms with Crippen LogP contribution in [0.5, 0.6) is 0 Å². The van der Waals surface area contributed by atoms with E-state index in [1.54, 1.807) is 0 Å². The molecule has 0 aromatic heterocycles. The zero-order valence-electron chi connectivity index (χ0n) is 10.5. The van der Waals surface area contributed by atoms with E-state index in [4.69, 9.17) is 0 Å². The fraction of sp³-hybridized carbons (Fsp3) is 1.00. The van der Waals surface area contributed by atoms with Gasteiger partial charge >= 0.3 is 0 Å². The third kappa shape index (κ3) is 2.14. The highest BCUT2D eigenvalue weighted by molar-refractivity contribution is 4.92. The average molecular weight is 222 g/mol. The lowest BCUT2D eigenvalue weighted by molar-refractivity contribution is 0.115. The number of hydrogen-bond acceptors (Lipinski definition) is 2. The van der Waals surface area contributed by atoms with Gasteiger partial charge in [0.25, 0.3) is 0 Å². The Labute approximate surface area is 99.8 Å². The number of piperidine rings is 1. The molecule has 2 heteroatoms. The Morgan fingerprint density at radius 1 is 0.875 bits per heavy atom. The lowest BCUT2D eigenvalue weighted by Crippen LogP contribution is -2.49. The number of nitrogens with one attached hydrogen (secondary N) is 1. The van der Waals surface area contributed by atoms with Crippen molar-refractivity contribution < 1.29 is 0 Å². The van der Waals surface area contributed by atoms with Gasteiger partial charge in [-0.05, 0) is 57.5 Å². The zero-order valence-corrected chi connectivity index (χ0v) is 10.5. The molecule has 3 aliphatic rings. The van der Waals surface area contributed by atoms with E-state index in [0.717, 1.165) is 18.0 Å². The summed E-state index contributed by atoms with van der Waals surface area (Å²) in [5, 5.41) is 3.58. The first-order chi connectivity index (χ1) is 7.95. The van der Waals surface area contributed by atoms with Crippen LogP contribution >= 0.6 is 0 Å². The van der Waals surface area contributed by atoms with E-state index in [-0.39, 0.29) is 0 Å². The number of nitrogens with zero attached hydrogens (tertiary/aromatic N) is 1. The molecule has 1 saturated carbocycles. The molecule has 92 valence electrons. The van der Waals surface area contributed by atoms with Crippen molar-refractivity contribution in [2.75, 3.05) is 19.6 Å². The molecule has 0 radical (unpaired) electrons. The largest absolute Gasteiger partial charge is 0.315 e. The molecule has 3 rings (SSSR count). The summed E-state index contributed by atoms with van der Waals surface area (Å²) in [5.41, 5.74) is 0. The molecule has 0 amide bonds. The highest BCUT2D eigenvalue weighted by Crippen LogP contribution is 2.36. The Balaban J connectivity index is 1.63. The van der Waals surface area contributed by atoms with Crippen molar-refractivity contribution in [2.24, 2.45) is 5.92 Å². The fourth-order valence-electron chi connectivity index (χ4n) is 4.23. The molecular weight excluding hydrogens is 196 g/mol. The first kappa shape index (κ1) is 11.0. The van der Waals surface area contributed by atoms with Gasteiger partial charge in [0.05, 0.1) is 0 Å². The van der Waals surface area contributed by atoms with Crippen LogP contribution in [0.1, 0.15) is 51.4 Å². The molecule has 2 unspecified atom stereocenters. The summed E-state index contributed by atoms with van der Waals surface area (Å²) in [4.78, 5) is 2.88. The summed E-state index contributed by atoms with van der Waals surface area (Å²) in [6, 6.07) is 1.81. The first-order valence-electron chi connectivity index (χ1n) is 7.41. The number of hydrogen-bond donors (Lipinski definition) is 1. The summed E-state index contributed by atoms with van der Waals surface area (Å²) < 4.78 is 0. The van der Waals surface area contributed by atoms with Gasteiger partial charge in [0.2, 0.25) is 0 Å². The third-order valence-electron chi connectivity index (χ3n) is 5.03. The summed E-state index contributed by atoms with van der Waals surface area (Å²) in [6.45, 7) is 3.88. The van der Waals surface area contributed by atoms with Gasteiger partial charge in [-0.25, -0.2) is 0 Å². The van der Waals surface area contributed by atoms with Gasteiger partial charge < -0.3 is 5.32 Å². The van der Waals surface area contributed by atoms with E-state index < -0.39 is 0 Å². The smallest absolute Gasteiger partial charge is 0.0224 e. The standard InChI is InChI=1S/C14H26N2/c1-2-6-12(5-1)14-8-4-10-16(14)13-7-3-9-15-11-13/h12-15H,1-11H2. The lowest BCUT2D eigenvalue weighted by Gasteiger charge is -2.38. The van der Waals surface area contributed by atoms with Gasteiger partial charge in [0.15, 0.2) is 0 Å². The average Bonchev–Trinajstić information content (AvgIpc) is 3.01. The van der Waals surface area contributed by atoms with E-state index in [1.807, 2.05) is 0 Å². The van der Waals surface area contributed by atoms with E-state index >= 15 is 0 Å². The van der Waals surface area contributed by atoms with Crippen LogP contribution in [0.25, 0.3) is 0 Å². The normalized spacial score (nSPS) is 38.2. The Morgan fingerprint density at radius 3 is 2.50 bits per heavy atom. The minimum Gasteiger partial charge on any atom is -0.315 e. The van der Waals surface area contributed by atoms with Gasteiger partial charge in [0, 0.05) is 18.6 Å². The summed E-state index contributed by atoms with van der Waals surface area (Å²) in [5.74, 6) is 1.05. The third-order valence-corrected chi connectivity index (χ3v) is 5.03. The second-order valence-corrected chi connectivity index (χ2v) is 5.99. The lowest BCUT2D eigenvalue weighted by atomic mass is 9.94. The molecule has 3 fully saturated rings. The molecule has 2 nitrogen and oxygen atoms in total. The van der Waals surface area contributed by atoms with Crippen LogP contribution in [-0.2, 0) is 0 Å². The van der Waals surface area contributed by atoms with Crippen molar-refractivity contribution >= 4 is 0 Å². The second-order valence-electron chi connectivity index (χ2n) is 5.99. The van der Waals surface area contributed by atoms with Crippen LogP contribution in [0.15, 0.2) is 0 Å². The molecule has 0 aromatic carbocycles. The maximum Gasteiger partial charge on any atom is 0.0224 e. The van der Waals surface area contributed by atoms with Gasteiger partial charge in [-0.2, -0.15) is 0 Å². The van der Waals surface area contributed by atoms with E-state index in [2.05, 4.69) is 10.2 Å². The predicted molar refractivity (Wildman–Crippen MR) is 67.6 cm³/mol. The number of likely N-dealkylation sites (tertiary alicyclic amines) is 1. The molecule has 0 bridgehead atoms. The van der Waals surface area contributed by atoms with Crippen molar-refractivity contribution in [1.29, 1.82) is 0 Å². The van der Waals surface area contributed by atoms with Crippen LogP contribution < -0.4 is 5.32 Å². The van der Waals surface area contributed by atoms with E-state index in [1.165, 1.54) is 71.0 Å². The van der Waals surface area contributed by atoms with Crippen molar-refractivity contribution in [3.05, 3.63) is 0 Å². The minimum absolute atomic E-state index is 0.863. The van der Waals surface area contributed by atoms with Gasteiger partial charge in [-0.15, -0.1) is 0 Å². The van der Waals surface area contributed by atoms with Crippen molar-refractivity contribution in [1.82, 2.24) is 10.2 Å². The van der Waals surface area contributed by atoms with Gasteiger partial charge in [0.1, 0.15) is 0 Å². The maximum atomic E-state index is 3.58. The van der Waals surface area contributed by atoms with Crippen LogP contribution in [0, 0.1) is 5.92 Å². The fourth-order valence-corrected chi connectivity index (χ4v) is 4.23. The van der Waals surface area contributed by atoms with E-state index in [0.29, 0.717) is 0 Å². The highest BCUT2D eigenvalue weighted by Gasteiger charge is 2.36. The van der Waals surface area contributed by atoms with Crippen molar-refractivity contribution in [3.63, 3.8) is 0 Å². The molecular formula is C14H26N2. The molecule has 1 N–H and O–H groups in total. The molecule has 2 heterocycles. The molecule has 1 aliphatic carbocycles. The Hall–Kier alpha value is -0.0800. The van der Waals surface area contributed by atoms with Crippen molar-refractivity contribution in [3.8, 4) is 0 Å². The quantitative estimate of drug-likeness (QED) is 0.772. The first-order valence-corrected chi connectivity index (χ1v) is 7.41. The van der Waals surface area contributed by atoms with Crippen molar-refractivity contribution in [2.45, 2.75) is 63.5 Å². The molecule has 0 aromatic rings. The Kier molecular flexibility index (Phi) is 3.49. The predicted octanol–water partition coefficient (Wildman–Crippen LogP) is 2.39. The Bertz CT molecular complexity index is 217. The van der Waals surface area contributed by atoms with Crippen LogP contribution in [-0.4, -0.2) is 36.6 Å². The van der Waals surface area contributed by atoms with Crippen LogP contribution in [0.3, 0.4) is 0 Å². The van der Waals surface area contributed by atoms with E-state index in [9.17, 15) is 0 Å². The summed E-state index contributed by atoms with van der Waals surface area (Å²) in [7, 11) is 0. The zero-order chi connectivity index (χ0) is 10.8. The topological polar surface area (TPSA) is 15.3 Å². The molecule has 2 aliphatic heterocycles. The number of rotatable bonds is 2. The molecule has 0 spiro atoms. The Morgan fingerprint density at radius 2 is 1.75 bits per heavy atom. The molecule has 2 saturated heterocycles. The summed E-state index contributed by atoms with van der Waals surface area (Å²) >= 11 is 0. The SMILES string of the molecule is C1CCC(C2CCCN2C2CCCNC2)C1. The minimum atomic E-state index is 0.863. The van der Waals surface area contributed by atoms with Crippen LogP contribution in [0.4, 0.5) is 0 Å². The van der Waals surface area contributed by atoms with Crippen LogP contribution in [0.2, 0.25) is 0 Å². The molecule has 16 heavy (non-hydrogen) atoms. The maximum absolute atomic E-state index is 3.58. The van der Waals surface area contributed by atoms with Gasteiger partial charge in [-0.3, -0.25) is 4.90 Å². The van der Waals surface area contributed by atoms with Gasteiger partial charge in [-0.1, -0.05) is 12.8 Å². The summed E-state index contributed by atoms with van der Waals surface area (Å²) in [6.07, 6.45) is 11.8. The monoisotopic (exact) mass is 222 g/mol. The highest BCUT2D eigenvalue weighted by atomic mass is 15.2. The molecule has 2 atom stereocenters.